The minimum absolute atomic E-state index is 0.0775. The van der Waals surface area contributed by atoms with Gasteiger partial charge in [-0.2, -0.15) is 5.10 Å². The Morgan fingerprint density at radius 1 is 1.22 bits per heavy atom. The number of para-hydroxylation sites is 2. The summed E-state index contributed by atoms with van der Waals surface area (Å²) >= 11 is 0. The maximum Gasteiger partial charge on any atom is 0.252 e. The summed E-state index contributed by atoms with van der Waals surface area (Å²) in [4.78, 5) is 16.6. The number of carbonyl (C=O) groups excluding carboxylic acids is 1. The third-order valence-electron chi connectivity index (χ3n) is 4.35. The molecule has 1 unspecified atom stereocenters. The molecule has 138 valence electrons. The zero-order chi connectivity index (χ0) is 18.6. The molecular weight excluding hydrogens is 344 g/mol. The van der Waals surface area contributed by atoms with E-state index in [1.54, 1.807) is 23.1 Å². The summed E-state index contributed by atoms with van der Waals surface area (Å²) in [5.41, 5.74) is 2.22. The van der Waals surface area contributed by atoms with Gasteiger partial charge in [0.2, 0.25) is 0 Å². The van der Waals surface area contributed by atoms with E-state index in [-0.39, 0.29) is 12.0 Å². The Labute approximate surface area is 156 Å². The summed E-state index contributed by atoms with van der Waals surface area (Å²) in [7, 11) is 1.85. The van der Waals surface area contributed by atoms with Gasteiger partial charge in [0.1, 0.15) is 12.7 Å². The minimum atomic E-state index is -0.155. The number of amides is 1. The fourth-order valence-corrected chi connectivity index (χ4v) is 2.91. The van der Waals surface area contributed by atoms with E-state index >= 15 is 0 Å². The molecule has 2 aromatic heterocycles. The van der Waals surface area contributed by atoms with Gasteiger partial charge in [0, 0.05) is 38.0 Å². The summed E-state index contributed by atoms with van der Waals surface area (Å²) in [6, 6.07) is 11.2. The Morgan fingerprint density at radius 2 is 2.07 bits per heavy atom. The second kappa shape index (κ2) is 7.49. The van der Waals surface area contributed by atoms with Crippen LogP contribution in [0.5, 0.6) is 11.5 Å². The van der Waals surface area contributed by atoms with Crippen LogP contribution >= 0.6 is 0 Å². The molecule has 7 nitrogen and oxygen atoms in total. The lowest BCUT2D eigenvalue weighted by Crippen LogP contribution is -2.34. The molecule has 4 rings (SSSR count). The zero-order valence-electron chi connectivity index (χ0n) is 15.0. The van der Waals surface area contributed by atoms with E-state index < -0.39 is 0 Å². The second-order valence-corrected chi connectivity index (χ2v) is 6.38. The number of pyridine rings is 1. The van der Waals surface area contributed by atoms with Gasteiger partial charge < -0.3 is 14.8 Å². The van der Waals surface area contributed by atoms with Crippen molar-refractivity contribution in [2.24, 2.45) is 7.05 Å². The number of aromatic nitrogens is 3. The number of nitrogens with zero attached hydrogens (tertiary/aromatic N) is 3. The highest BCUT2D eigenvalue weighted by Gasteiger charge is 2.20. The fraction of sp³-hybridized carbons (Fsp3) is 0.250. The predicted octanol–water partition coefficient (Wildman–Crippen LogP) is 2.44. The van der Waals surface area contributed by atoms with Crippen molar-refractivity contribution < 1.29 is 14.3 Å². The molecule has 1 aliphatic rings. The van der Waals surface area contributed by atoms with Crippen LogP contribution in [0.4, 0.5) is 0 Å². The molecule has 1 amide bonds. The molecular formula is C20H20N4O3. The monoisotopic (exact) mass is 364 g/mol. The van der Waals surface area contributed by atoms with Gasteiger partial charge in [-0.25, -0.2) is 0 Å². The number of carbonyl (C=O) groups is 1. The maximum atomic E-state index is 12.3. The summed E-state index contributed by atoms with van der Waals surface area (Å²) in [5, 5.41) is 7.03. The van der Waals surface area contributed by atoms with E-state index in [1.807, 2.05) is 43.6 Å². The summed E-state index contributed by atoms with van der Waals surface area (Å²) in [6.45, 7) is 0.980. The Morgan fingerprint density at radius 3 is 2.81 bits per heavy atom. The van der Waals surface area contributed by atoms with Crippen LogP contribution in [-0.4, -0.2) is 39.9 Å². The van der Waals surface area contributed by atoms with E-state index in [4.69, 9.17) is 9.47 Å². The van der Waals surface area contributed by atoms with Crippen molar-refractivity contribution in [1.82, 2.24) is 20.1 Å². The number of benzene rings is 1. The number of fused-ring (bicyclic) bond motifs is 1. The average Bonchev–Trinajstić information content (AvgIpc) is 3.14. The Hall–Kier alpha value is -3.35. The molecule has 27 heavy (non-hydrogen) atoms. The van der Waals surface area contributed by atoms with E-state index in [0.717, 1.165) is 22.8 Å². The topological polar surface area (TPSA) is 78.3 Å². The van der Waals surface area contributed by atoms with Crippen LogP contribution in [-0.2, 0) is 7.05 Å². The molecule has 0 fully saturated rings. The molecule has 7 heteroatoms. The SMILES string of the molecule is Cn1cc(-c2ccc(C(=O)NCCC3COc4ccccc4O3)cn2)cn1. The van der Waals surface area contributed by atoms with Crippen molar-refractivity contribution in [3.05, 3.63) is 60.6 Å². The highest BCUT2D eigenvalue weighted by atomic mass is 16.6. The molecule has 0 saturated carbocycles. The quantitative estimate of drug-likeness (QED) is 0.752. The van der Waals surface area contributed by atoms with E-state index in [9.17, 15) is 4.79 Å². The normalized spacial score (nSPS) is 15.4. The van der Waals surface area contributed by atoms with Crippen molar-refractivity contribution in [3.63, 3.8) is 0 Å². The number of hydrogen-bond donors (Lipinski definition) is 1. The fourth-order valence-electron chi connectivity index (χ4n) is 2.91. The van der Waals surface area contributed by atoms with Crippen LogP contribution in [0.3, 0.4) is 0 Å². The first-order valence-electron chi connectivity index (χ1n) is 8.81. The van der Waals surface area contributed by atoms with Crippen molar-refractivity contribution in [1.29, 1.82) is 0 Å². The van der Waals surface area contributed by atoms with E-state index in [0.29, 0.717) is 25.1 Å². The van der Waals surface area contributed by atoms with Gasteiger partial charge in [0.15, 0.2) is 11.5 Å². The predicted molar refractivity (Wildman–Crippen MR) is 99.7 cm³/mol. The lowest BCUT2D eigenvalue weighted by Gasteiger charge is -2.26. The molecule has 1 aromatic carbocycles. The summed E-state index contributed by atoms with van der Waals surface area (Å²) in [6.07, 6.45) is 5.79. The van der Waals surface area contributed by atoms with Crippen LogP contribution in [0, 0.1) is 0 Å². The largest absolute Gasteiger partial charge is 0.486 e. The van der Waals surface area contributed by atoms with Gasteiger partial charge in [0.05, 0.1) is 17.5 Å². The van der Waals surface area contributed by atoms with Crippen molar-refractivity contribution in [2.45, 2.75) is 12.5 Å². The van der Waals surface area contributed by atoms with Gasteiger partial charge in [-0.05, 0) is 24.3 Å². The summed E-state index contributed by atoms with van der Waals surface area (Å²) in [5.74, 6) is 1.35. The van der Waals surface area contributed by atoms with Gasteiger partial charge in [-0.1, -0.05) is 12.1 Å². The van der Waals surface area contributed by atoms with Gasteiger partial charge in [0.25, 0.3) is 5.91 Å². The average molecular weight is 364 g/mol. The van der Waals surface area contributed by atoms with Crippen LogP contribution in [0.15, 0.2) is 55.0 Å². The Bertz CT molecular complexity index is 936. The third kappa shape index (κ3) is 3.92. The summed E-state index contributed by atoms with van der Waals surface area (Å²) < 4.78 is 13.3. The van der Waals surface area contributed by atoms with E-state index in [1.165, 1.54) is 0 Å². The first kappa shape index (κ1) is 17.1. The molecule has 0 radical (unpaired) electrons. The Balaban J connectivity index is 1.28. The highest BCUT2D eigenvalue weighted by Crippen LogP contribution is 2.31. The molecule has 0 aliphatic carbocycles. The highest BCUT2D eigenvalue weighted by molar-refractivity contribution is 5.94. The smallest absolute Gasteiger partial charge is 0.252 e. The minimum Gasteiger partial charge on any atom is -0.486 e. The van der Waals surface area contributed by atoms with Gasteiger partial charge >= 0.3 is 0 Å². The van der Waals surface area contributed by atoms with E-state index in [2.05, 4.69) is 15.4 Å². The van der Waals surface area contributed by atoms with Crippen LogP contribution in [0.1, 0.15) is 16.8 Å². The lowest BCUT2D eigenvalue weighted by atomic mass is 10.2. The molecule has 0 spiro atoms. The number of aryl methyl sites for hydroxylation is 1. The Kier molecular flexibility index (Phi) is 4.74. The first-order chi connectivity index (χ1) is 13.2. The maximum absolute atomic E-state index is 12.3. The second-order valence-electron chi connectivity index (χ2n) is 6.38. The van der Waals surface area contributed by atoms with Crippen LogP contribution in [0.25, 0.3) is 11.3 Å². The number of ether oxygens (including phenoxy) is 2. The number of hydrogen-bond acceptors (Lipinski definition) is 5. The van der Waals surface area contributed by atoms with Crippen molar-refractivity contribution >= 4 is 5.91 Å². The molecule has 3 aromatic rings. The van der Waals surface area contributed by atoms with Crippen molar-refractivity contribution in [3.8, 4) is 22.8 Å². The number of rotatable bonds is 5. The molecule has 1 atom stereocenters. The van der Waals surface area contributed by atoms with Gasteiger partial charge in [-0.15, -0.1) is 0 Å². The lowest BCUT2D eigenvalue weighted by molar-refractivity contribution is 0.0812. The molecule has 0 bridgehead atoms. The van der Waals surface area contributed by atoms with Crippen molar-refractivity contribution in [2.75, 3.05) is 13.2 Å². The first-order valence-corrected chi connectivity index (χ1v) is 8.81. The third-order valence-corrected chi connectivity index (χ3v) is 4.35. The van der Waals surface area contributed by atoms with Crippen LogP contribution in [0.2, 0.25) is 0 Å². The molecule has 1 aliphatic heterocycles. The standard InChI is InChI=1S/C20H20N4O3/c1-24-12-15(11-23-24)17-7-6-14(10-22-17)20(25)21-9-8-16-13-26-18-4-2-3-5-19(18)27-16/h2-7,10-12,16H,8-9,13H2,1H3,(H,21,25). The number of nitrogens with one attached hydrogen (secondary N) is 1. The molecule has 1 N–H and O–H groups in total. The molecule has 3 heterocycles. The van der Waals surface area contributed by atoms with Crippen LogP contribution < -0.4 is 14.8 Å². The molecule has 0 saturated heterocycles. The van der Waals surface area contributed by atoms with Gasteiger partial charge in [-0.3, -0.25) is 14.5 Å². The zero-order valence-corrected chi connectivity index (χ0v) is 15.0.